The van der Waals surface area contributed by atoms with E-state index >= 15 is 0 Å². The number of thioether (sulfide) groups is 1. The van der Waals surface area contributed by atoms with Gasteiger partial charge < -0.3 is 14.2 Å². The zero-order valence-corrected chi connectivity index (χ0v) is 18.2. The van der Waals surface area contributed by atoms with Crippen LogP contribution in [0.4, 0.5) is 0 Å². The van der Waals surface area contributed by atoms with Gasteiger partial charge in [0.05, 0.1) is 31.3 Å². The number of methoxy groups -OCH3 is 1. The molecule has 2 aliphatic heterocycles. The SMILES string of the molecule is COc1cc(/C=C2\SC(=S)N(CC3CCCO3)C2=O)ccc1OCCC(C)C. The Bertz CT molecular complexity index is 757. The molecule has 0 bridgehead atoms. The molecule has 2 heterocycles. The highest BCUT2D eigenvalue weighted by Gasteiger charge is 2.34. The maximum Gasteiger partial charge on any atom is 0.266 e. The number of hydrogen-bond donors (Lipinski definition) is 0. The van der Waals surface area contributed by atoms with Crippen LogP contribution in [-0.4, -0.2) is 48.1 Å². The van der Waals surface area contributed by atoms with Gasteiger partial charge in [0, 0.05) is 6.61 Å². The van der Waals surface area contributed by atoms with E-state index in [4.69, 9.17) is 26.4 Å². The zero-order chi connectivity index (χ0) is 20.1. The molecule has 0 N–H and O–H groups in total. The summed E-state index contributed by atoms with van der Waals surface area (Å²) in [6.07, 6.45) is 4.95. The predicted molar refractivity (Wildman–Crippen MR) is 117 cm³/mol. The first-order valence-corrected chi connectivity index (χ1v) is 10.9. The van der Waals surface area contributed by atoms with Crippen molar-refractivity contribution in [1.29, 1.82) is 0 Å². The number of ether oxygens (including phenoxy) is 3. The van der Waals surface area contributed by atoms with E-state index in [9.17, 15) is 4.79 Å². The average Bonchev–Trinajstić information content (AvgIpc) is 3.27. The monoisotopic (exact) mass is 421 g/mol. The Balaban J connectivity index is 1.70. The number of hydrogen-bond acceptors (Lipinski definition) is 6. The highest BCUT2D eigenvalue weighted by atomic mass is 32.2. The molecule has 2 fully saturated rings. The minimum absolute atomic E-state index is 0.0540. The van der Waals surface area contributed by atoms with Crippen molar-refractivity contribution in [3.05, 3.63) is 28.7 Å². The fourth-order valence-electron chi connectivity index (χ4n) is 3.10. The number of carbonyl (C=O) groups excluding carboxylic acids is 1. The Morgan fingerprint density at radius 1 is 1.39 bits per heavy atom. The Labute approximate surface area is 176 Å². The average molecular weight is 422 g/mol. The van der Waals surface area contributed by atoms with Gasteiger partial charge in [-0.15, -0.1) is 0 Å². The topological polar surface area (TPSA) is 48.0 Å². The van der Waals surface area contributed by atoms with Gasteiger partial charge in [0.1, 0.15) is 4.32 Å². The molecule has 0 radical (unpaired) electrons. The summed E-state index contributed by atoms with van der Waals surface area (Å²) in [5, 5.41) is 0. The standard InChI is InChI=1S/C21H27NO4S2/c1-14(2)8-10-26-17-7-6-15(11-18(17)24-3)12-19-20(23)22(21(27)28-19)13-16-5-4-9-25-16/h6-7,11-12,14,16H,4-5,8-10,13H2,1-3H3/b19-12-. The van der Waals surface area contributed by atoms with Crippen LogP contribution in [0.2, 0.25) is 0 Å². The minimum atomic E-state index is -0.0540. The molecule has 0 aromatic heterocycles. The molecule has 28 heavy (non-hydrogen) atoms. The van der Waals surface area contributed by atoms with Crippen LogP contribution in [0.15, 0.2) is 23.1 Å². The third kappa shape index (κ3) is 5.27. The third-order valence-electron chi connectivity index (χ3n) is 4.72. The molecular formula is C21H27NO4S2. The summed E-state index contributed by atoms with van der Waals surface area (Å²) in [6.45, 7) is 6.28. The van der Waals surface area contributed by atoms with Crippen LogP contribution in [0.25, 0.3) is 6.08 Å². The van der Waals surface area contributed by atoms with Crippen molar-refractivity contribution in [3.63, 3.8) is 0 Å². The summed E-state index contributed by atoms with van der Waals surface area (Å²) in [5.74, 6) is 1.90. The van der Waals surface area contributed by atoms with Gasteiger partial charge in [0.15, 0.2) is 11.5 Å². The molecule has 1 atom stereocenters. The molecule has 5 nitrogen and oxygen atoms in total. The second-order valence-electron chi connectivity index (χ2n) is 7.37. The summed E-state index contributed by atoms with van der Waals surface area (Å²) in [5.41, 5.74) is 0.880. The van der Waals surface area contributed by atoms with Crippen molar-refractivity contribution in [2.24, 2.45) is 5.92 Å². The molecule has 0 spiro atoms. The van der Waals surface area contributed by atoms with E-state index in [1.807, 2.05) is 24.3 Å². The molecule has 152 valence electrons. The van der Waals surface area contributed by atoms with Crippen molar-refractivity contribution in [2.45, 2.75) is 39.2 Å². The smallest absolute Gasteiger partial charge is 0.266 e. The Kier molecular flexibility index (Phi) is 7.37. The molecule has 0 aliphatic carbocycles. The van der Waals surface area contributed by atoms with Crippen LogP contribution in [-0.2, 0) is 9.53 Å². The van der Waals surface area contributed by atoms with Gasteiger partial charge in [-0.1, -0.05) is 43.9 Å². The van der Waals surface area contributed by atoms with E-state index in [1.54, 1.807) is 12.0 Å². The van der Waals surface area contributed by atoms with Crippen LogP contribution < -0.4 is 9.47 Å². The van der Waals surface area contributed by atoms with Crippen LogP contribution in [0.3, 0.4) is 0 Å². The third-order valence-corrected chi connectivity index (χ3v) is 6.10. The van der Waals surface area contributed by atoms with Gasteiger partial charge in [-0.05, 0) is 49.0 Å². The lowest BCUT2D eigenvalue weighted by molar-refractivity contribution is -0.123. The minimum Gasteiger partial charge on any atom is -0.493 e. The van der Waals surface area contributed by atoms with Crippen molar-refractivity contribution < 1.29 is 19.0 Å². The fourth-order valence-corrected chi connectivity index (χ4v) is 4.37. The number of benzene rings is 1. The molecule has 7 heteroatoms. The van der Waals surface area contributed by atoms with Crippen molar-refractivity contribution in [1.82, 2.24) is 4.90 Å². The Morgan fingerprint density at radius 2 is 2.21 bits per heavy atom. The second-order valence-corrected chi connectivity index (χ2v) is 9.04. The number of carbonyl (C=O) groups is 1. The van der Waals surface area contributed by atoms with Gasteiger partial charge in [-0.2, -0.15) is 0 Å². The van der Waals surface area contributed by atoms with E-state index < -0.39 is 0 Å². The zero-order valence-electron chi connectivity index (χ0n) is 16.6. The first-order valence-electron chi connectivity index (χ1n) is 9.65. The molecule has 1 aromatic carbocycles. The van der Waals surface area contributed by atoms with Crippen molar-refractivity contribution in [3.8, 4) is 11.5 Å². The van der Waals surface area contributed by atoms with Crippen LogP contribution in [0.1, 0.15) is 38.7 Å². The summed E-state index contributed by atoms with van der Waals surface area (Å²) in [7, 11) is 1.62. The van der Waals surface area contributed by atoms with Gasteiger partial charge in [0.2, 0.25) is 0 Å². The lowest BCUT2D eigenvalue weighted by Crippen LogP contribution is -2.35. The summed E-state index contributed by atoms with van der Waals surface area (Å²) >= 11 is 6.75. The fraction of sp³-hybridized carbons (Fsp3) is 0.524. The van der Waals surface area contributed by atoms with E-state index in [2.05, 4.69) is 13.8 Å². The number of thiocarbonyl (C=S) groups is 1. The van der Waals surface area contributed by atoms with Crippen molar-refractivity contribution >= 4 is 40.3 Å². The highest BCUT2D eigenvalue weighted by molar-refractivity contribution is 8.26. The normalized spacial score (nSPS) is 21.2. The summed E-state index contributed by atoms with van der Waals surface area (Å²) < 4.78 is 17.5. The van der Waals surface area contributed by atoms with Gasteiger partial charge >= 0.3 is 0 Å². The molecule has 1 unspecified atom stereocenters. The maximum atomic E-state index is 12.8. The van der Waals surface area contributed by atoms with Crippen LogP contribution in [0, 0.1) is 5.92 Å². The summed E-state index contributed by atoms with van der Waals surface area (Å²) in [6, 6.07) is 5.70. The molecule has 2 saturated heterocycles. The van der Waals surface area contributed by atoms with E-state index in [0.29, 0.717) is 39.8 Å². The van der Waals surface area contributed by atoms with E-state index in [-0.39, 0.29) is 12.0 Å². The largest absolute Gasteiger partial charge is 0.493 e. The second kappa shape index (κ2) is 9.76. The van der Waals surface area contributed by atoms with Crippen LogP contribution >= 0.6 is 24.0 Å². The van der Waals surface area contributed by atoms with Gasteiger partial charge in [-0.3, -0.25) is 9.69 Å². The number of rotatable bonds is 8. The lowest BCUT2D eigenvalue weighted by Gasteiger charge is -2.18. The number of nitrogens with zero attached hydrogens (tertiary/aromatic N) is 1. The highest BCUT2D eigenvalue weighted by Crippen LogP contribution is 2.35. The summed E-state index contributed by atoms with van der Waals surface area (Å²) in [4.78, 5) is 15.1. The predicted octanol–water partition coefficient (Wildman–Crippen LogP) is 4.50. The molecule has 0 saturated carbocycles. The molecule has 1 aromatic rings. The molecule has 2 aliphatic rings. The lowest BCUT2D eigenvalue weighted by atomic mass is 10.1. The van der Waals surface area contributed by atoms with Crippen molar-refractivity contribution in [2.75, 3.05) is 26.9 Å². The first kappa shape index (κ1) is 21.1. The molecule has 3 rings (SSSR count). The Hall–Kier alpha value is -1.57. The van der Waals surface area contributed by atoms with Crippen LogP contribution in [0.5, 0.6) is 11.5 Å². The van der Waals surface area contributed by atoms with E-state index in [0.717, 1.165) is 31.4 Å². The Morgan fingerprint density at radius 3 is 2.89 bits per heavy atom. The molecular weight excluding hydrogens is 394 g/mol. The van der Waals surface area contributed by atoms with E-state index in [1.165, 1.54) is 11.8 Å². The number of amides is 1. The van der Waals surface area contributed by atoms with Gasteiger partial charge in [-0.25, -0.2) is 0 Å². The quantitative estimate of drug-likeness (QED) is 0.455. The molecule has 1 amide bonds. The van der Waals surface area contributed by atoms with Gasteiger partial charge in [0.25, 0.3) is 5.91 Å². The first-order chi connectivity index (χ1) is 13.5. The maximum absolute atomic E-state index is 12.8.